The van der Waals surface area contributed by atoms with Crippen molar-refractivity contribution in [3.05, 3.63) is 34.9 Å². The highest BCUT2D eigenvalue weighted by molar-refractivity contribution is 6.01. The number of carbonyl (C=O) groups excluding carboxylic acids is 1. The highest BCUT2D eigenvalue weighted by atomic mass is 16.4. The number of rotatable bonds is 4. The van der Waals surface area contributed by atoms with Crippen molar-refractivity contribution in [1.29, 1.82) is 0 Å². The Hall–Kier alpha value is -1.64. The number of carboxylic acids is 1. The number of aliphatic carboxylic acids is 1. The van der Waals surface area contributed by atoms with Crippen molar-refractivity contribution < 1.29 is 14.7 Å². The molecule has 3 rings (SSSR count). The lowest BCUT2D eigenvalue weighted by molar-refractivity contribution is -0.147. The summed E-state index contributed by atoms with van der Waals surface area (Å²) in [5.41, 5.74) is 1.88. The lowest BCUT2D eigenvalue weighted by Gasteiger charge is -2.24. The summed E-state index contributed by atoms with van der Waals surface area (Å²) in [4.78, 5) is 25.1. The number of ketones is 1. The van der Waals surface area contributed by atoms with Gasteiger partial charge in [0.2, 0.25) is 0 Å². The molecule has 0 aromatic carbocycles. The van der Waals surface area contributed by atoms with Gasteiger partial charge in [-0.3, -0.25) is 9.59 Å². The zero-order chi connectivity index (χ0) is 17.9. The van der Waals surface area contributed by atoms with Crippen molar-refractivity contribution in [1.82, 2.24) is 0 Å². The molecule has 4 unspecified atom stereocenters. The van der Waals surface area contributed by atoms with Crippen molar-refractivity contribution in [2.24, 2.45) is 28.6 Å². The van der Waals surface area contributed by atoms with Crippen LogP contribution in [0.5, 0.6) is 0 Å². The molecule has 0 radical (unpaired) electrons. The van der Waals surface area contributed by atoms with Crippen molar-refractivity contribution in [2.45, 2.75) is 53.9 Å². The Morgan fingerprint density at radius 2 is 2.00 bits per heavy atom. The van der Waals surface area contributed by atoms with Gasteiger partial charge in [0.05, 0.1) is 5.41 Å². The van der Waals surface area contributed by atoms with Gasteiger partial charge in [-0.1, -0.05) is 43.2 Å². The molecule has 1 N–H and O–H groups in total. The Morgan fingerprint density at radius 3 is 2.50 bits per heavy atom. The minimum absolute atomic E-state index is 0.0151. The van der Waals surface area contributed by atoms with E-state index in [-0.39, 0.29) is 29.0 Å². The van der Waals surface area contributed by atoms with E-state index >= 15 is 0 Å². The standard InChI is InChI=1S/C21H28O3/c1-12(2)10-17-20(4,5)21(17,19(23)24)15-11-16(22)18(13(15)3)14-8-6-7-9-14/h6,8,10,14-15,17H,7,9,11H2,1-5H3,(H,23,24). The van der Waals surface area contributed by atoms with Gasteiger partial charge in [-0.15, -0.1) is 0 Å². The normalized spacial score (nSPS) is 37.0. The third-order valence-corrected chi connectivity index (χ3v) is 6.68. The molecule has 0 aromatic heterocycles. The number of carboxylic acid groups (broad SMARTS) is 1. The van der Waals surface area contributed by atoms with Gasteiger partial charge in [-0.2, -0.15) is 0 Å². The van der Waals surface area contributed by atoms with Crippen LogP contribution in [0, 0.1) is 28.6 Å². The van der Waals surface area contributed by atoms with Gasteiger partial charge in [0, 0.05) is 29.7 Å². The third kappa shape index (κ3) is 2.09. The molecule has 1 saturated carbocycles. The second kappa shape index (κ2) is 5.44. The van der Waals surface area contributed by atoms with Crippen LogP contribution in [0.1, 0.15) is 53.9 Å². The molecule has 4 atom stereocenters. The number of allylic oxidation sites excluding steroid dienone is 6. The summed E-state index contributed by atoms with van der Waals surface area (Å²) < 4.78 is 0. The van der Waals surface area contributed by atoms with Crippen molar-refractivity contribution in [2.75, 3.05) is 0 Å². The van der Waals surface area contributed by atoms with E-state index in [1.165, 1.54) is 0 Å². The SMILES string of the molecule is CC(C)=CC1C(C)(C)C1(C(=O)O)C1CC(=O)C(C2C=CCC2)=C1C. The largest absolute Gasteiger partial charge is 0.481 e. The lowest BCUT2D eigenvalue weighted by Crippen LogP contribution is -2.31. The molecule has 1 fully saturated rings. The van der Waals surface area contributed by atoms with Crippen LogP contribution in [0.25, 0.3) is 0 Å². The Balaban J connectivity index is 2.06. The maximum Gasteiger partial charge on any atom is 0.311 e. The monoisotopic (exact) mass is 328 g/mol. The molecular formula is C21H28O3. The summed E-state index contributed by atoms with van der Waals surface area (Å²) in [7, 11) is 0. The molecule has 0 heterocycles. The summed E-state index contributed by atoms with van der Waals surface area (Å²) in [6.45, 7) is 10.1. The molecule has 3 aliphatic rings. The topological polar surface area (TPSA) is 54.4 Å². The molecule has 0 aromatic rings. The number of hydrogen-bond acceptors (Lipinski definition) is 2. The first-order valence-corrected chi connectivity index (χ1v) is 8.94. The third-order valence-electron chi connectivity index (χ3n) is 6.68. The smallest absolute Gasteiger partial charge is 0.311 e. The summed E-state index contributed by atoms with van der Waals surface area (Å²) in [5, 5.41) is 10.2. The first kappa shape index (κ1) is 17.2. The fourth-order valence-corrected chi connectivity index (χ4v) is 5.47. The van der Waals surface area contributed by atoms with Gasteiger partial charge < -0.3 is 5.11 Å². The maximum absolute atomic E-state index is 12.7. The van der Waals surface area contributed by atoms with E-state index < -0.39 is 11.4 Å². The predicted octanol–water partition coefficient (Wildman–Crippen LogP) is 4.55. The van der Waals surface area contributed by atoms with E-state index in [0.717, 1.165) is 29.6 Å². The Kier molecular flexibility index (Phi) is 3.89. The minimum atomic E-state index is -0.853. The summed E-state index contributed by atoms with van der Waals surface area (Å²) >= 11 is 0. The van der Waals surface area contributed by atoms with E-state index in [2.05, 4.69) is 18.2 Å². The fraction of sp³-hybridized carbons (Fsp3) is 0.619. The molecule has 3 nitrogen and oxygen atoms in total. The molecule has 130 valence electrons. The van der Waals surface area contributed by atoms with E-state index in [0.29, 0.717) is 6.42 Å². The van der Waals surface area contributed by atoms with E-state index in [1.54, 1.807) is 0 Å². The Morgan fingerprint density at radius 1 is 1.33 bits per heavy atom. The molecule has 0 aliphatic heterocycles. The first-order chi connectivity index (χ1) is 11.2. The predicted molar refractivity (Wildman–Crippen MR) is 94.4 cm³/mol. The number of Topliss-reactive ketones (excluding diaryl/α,β-unsaturated/α-hetero) is 1. The van der Waals surface area contributed by atoms with Crippen LogP contribution in [0.4, 0.5) is 0 Å². The molecule has 24 heavy (non-hydrogen) atoms. The van der Waals surface area contributed by atoms with Gasteiger partial charge >= 0.3 is 5.97 Å². The maximum atomic E-state index is 12.7. The molecule has 3 aliphatic carbocycles. The van der Waals surface area contributed by atoms with Crippen LogP contribution in [0.3, 0.4) is 0 Å². The van der Waals surface area contributed by atoms with Crippen LogP contribution in [0.2, 0.25) is 0 Å². The van der Waals surface area contributed by atoms with Crippen LogP contribution in [-0.4, -0.2) is 16.9 Å². The van der Waals surface area contributed by atoms with Crippen LogP contribution in [-0.2, 0) is 9.59 Å². The van der Waals surface area contributed by atoms with Crippen molar-refractivity contribution in [3.8, 4) is 0 Å². The summed E-state index contributed by atoms with van der Waals surface area (Å²) in [5.74, 6) is -0.596. The van der Waals surface area contributed by atoms with Gasteiger partial charge in [-0.25, -0.2) is 0 Å². The van der Waals surface area contributed by atoms with Gasteiger partial charge in [0.1, 0.15) is 0 Å². The second-order valence-corrected chi connectivity index (χ2v) is 8.51. The lowest BCUT2D eigenvalue weighted by atomic mass is 9.78. The fourth-order valence-electron chi connectivity index (χ4n) is 5.47. The van der Waals surface area contributed by atoms with Crippen molar-refractivity contribution in [3.63, 3.8) is 0 Å². The second-order valence-electron chi connectivity index (χ2n) is 8.51. The van der Waals surface area contributed by atoms with E-state index in [4.69, 9.17) is 0 Å². The molecule has 3 heteroatoms. The van der Waals surface area contributed by atoms with Gasteiger partial charge in [0.15, 0.2) is 5.78 Å². The summed E-state index contributed by atoms with van der Waals surface area (Å²) in [6.07, 6.45) is 8.69. The highest BCUT2D eigenvalue weighted by Gasteiger charge is 2.78. The average Bonchev–Trinajstić information content (AvgIpc) is 2.87. The highest BCUT2D eigenvalue weighted by Crippen LogP contribution is 2.76. The Bertz CT molecular complexity index is 688. The van der Waals surface area contributed by atoms with Crippen LogP contribution < -0.4 is 0 Å². The molecule has 0 spiro atoms. The Labute approximate surface area is 144 Å². The zero-order valence-electron chi connectivity index (χ0n) is 15.3. The van der Waals surface area contributed by atoms with Gasteiger partial charge in [-0.05, 0) is 39.0 Å². The number of hydrogen-bond donors (Lipinski definition) is 1. The van der Waals surface area contributed by atoms with Crippen LogP contribution in [0.15, 0.2) is 34.9 Å². The number of carbonyl (C=O) groups is 2. The molecule has 0 amide bonds. The summed E-state index contributed by atoms with van der Waals surface area (Å²) in [6, 6.07) is 0. The molecule has 0 saturated heterocycles. The van der Waals surface area contributed by atoms with Crippen molar-refractivity contribution >= 4 is 11.8 Å². The van der Waals surface area contributed by atoms with E-state index in [9.17, 15) is 14.7 Å². The van der Waals surface area contributed by atoms with Crippen LogP contribution >= 0.6 is 0 Å². The minimum Gasteiger partial charge on any atom is -0.481 e. The molecule has 0 bridgehead atoms. The average molecular weight is 328 g/mol. The van der Waals surface area contributed by atoms with Gasteiger partial charge in [0.25, 0.3) is 0 Å². The first-order valence-electron chi connectivity index (χ1n) is 8.94. The quantitative estimate of drug-likeness (QED) is 0.770. The molecular weight excluding hydrogens is 300 g/mol. The zero-order valence-corrected chi connectivity index (χ0v) is 15.3. The van der Waals surface area contributed by atoms with E-state index in [1.807, 2.05) is 34.6 Å².